The Morgan fingerprint density at radius 2 is 1.97 bits per heavy atom. The summed E-state index contributed by atoms with van der Waals surface area (Å²) in [4.78, 5) is 37.0. The van der Waals surface area contributed by atoms with Gasteiger partial charge in [0, 0.05) is 35.7 Å². The van der Waals surface area contributed by atoms with Gasteiger partial charge in [0.2, 0.25) is 5.91 Å². The molecule has 0 bridgehead atoms. The average molecular weight is 439 g/mol. The Labute approximate surface area is 185 Å². The number of H-pyrrole nitrogens is 1. The number of aromatic nitrogens is 1. The number of aliphatic carboxylic acids is 2. The lowest BCUT2D eigenvalue weighted by molar-refractivity contribution is -0.301. The van der Waals surface area contributed by atoms with E-state index in [4.69, 9.17) is 5.11 Å². The number of carbonyl (C=O) groups excluding carboxylic acids is 3. The van der Waals surface area contributed by atoms with Crippen LogP contribution in [0.4, 0.5) is 0 Å². The van der Waals surface area contributed by atoms with Crippen LogP contribution in [0.5, 0.6) is 0 Å². The van der Waals surface area contributed by atoms with Crippen LogP contribution in [0.2, 0.25) is 0 Å². The molecule has 1 aliphatic carbocycles. The van der Waals surface area contributed by atoms with Gasteiger partial charge in [-0.2, -0.15) is 0 Å². The predicted molar refractivity (Wildman–Crippen MR) is 114 cm³/mol. The number of aromatic amines is 1. The van der Waals surface area contributed by atoms with Gasteiger partial charge in [0.15, 0.2) is 0 Å². The third-order valence-electron chi connectivity index (χ3n) is 5.62. The number of amides is 1. The summed E-state index contributed by atoms with van der Waals surface area (Å²) in [6.07, 6.45) is 5.99. The molecule has 9 nitrogen and oxygen atoms in total. The number of carboxylic acid groups (broad SMARTS) is 2. The van der Waals surface area contributed by atoms with Crippen molar-refractivity contribution in [1.29, 1.82) is 0 Å². The van der Waals surface area contributed by atoms with Crippen LogP contribution in [0, 0.1) is 5.92 Å². The molecule has 0 saturated carbocycles. The maximum atomic E-state index is 12.5. The van der Waals surface area contributed by atoms with Crippen LogP contribution in [-0.2, 0) is 20.8 Å². The van der Waals surface area contributed by atoms with Gasteiger partial charge in [0.05, 0.1) is 24.5 Å². The molecule has 1 aromatic carbocycles. The number of carboxylic acids is 2. The maximum absolute atomic E-state index is 12.5. The zero-order chi connectivity index (χ0) is 23.4. The van der Waals surface area contributed by atoms with E-state index in [0.29, 0.717) is 24.7 Å². The van der Waals surface area contributed by atoms with Crippen LogP contribution in [0.15, 0.2) is 42.6 Å². The zero-order valence-electron chi connectivity index (χ0n) is 17.8. The summed E-state index contributed by atoms with van der Waals surface area (Å²) in [5.41, 5.74) is 4.99. The molecule has 4 rings (SSSR count). The first-order chi connectivity index (χ1) is 15.2. The highest BCUT2D eigenvalue weighted by Crippen LogP contribution is 2.40. The normalized spacial score (nSPS) is 20.7. The number of rotatable bonds is 5. The van der Waals surface area contributed by atoms with Crippen molar-refractivity contribution in [2.24, 2.45) is 5.92 Å². The number of nitrogens with zero attached hydrogens (tertiary/aromatic N) is 1. The molecular weight excluding hydrogens is 414 g/mol. The van der Waals surface area contributed by atoms with Crippen molar-refractivity contribution in [3.05, 3.63) is 53.8 Å². The maximum Gasteiger partial charge on any atom is 0.228 e. The Morgan fingerprint density at radius 1 is 1.28 bits per heavy atom. The predicted octanol–water partition coefficient (Wildman–Crippen LogP) is -1.42. The smallest absolute Gasteiger partial charge is 0.228 e. The molecular formula is C23H25N3O6-2. The minimum atomic E-state index is -1.55. The van der Waals surface area contributed by atoms with E-state index in [0.717, 1.165) is 11.9 Å². The lowest BCUT2D eigenvalue weighted by Gasteiger charge is -2.39. The van der Waals surface area contributed by atoms with Crippen LogP contribution in [0.3, 0.4) is 0 Å². The molecule has 0 radical (unpaired) electrons. The molecule has 2 aromatic rings. The van der Waals surface area contributed by atoms with Crippen molar-refractivity contribution in [1.82, 2.24) is 15.2 Å². The van der Waals surface area contributed by atoms with Crippen molar-refractivity contribution in [3.8, 4) is 0 Å². The largest absolute Gasteiger partial charge is 0.545 e. The summed E-state index contributed by atoms with van der Waals surface area (Å²) >= 11 is 0. The van der Waals surface area contributed by atoms with E-state index in [-0.39, 0.29) is 24.5 Å². The number of likely N-dealkylation sites (N-methyl/N-ethyl adjacent to an activating group) is 1. The fourth-order valence-electron chi connectivity index (χ4n) is 4.15. The number of nitrogens with one attached hydrogen (secondary N) is 2. The number of carbonyl (C=O) groups is 3. The van der Waals surface area contributed by atoms with E-state index in [9.17, 15) is 24.6 Å². The Kier molecular flexibility index (Phi) is 7.12. The second-order valence-electron chi connectivity index (χ2n) is 7.99. The summed E-state index contributed by atoms with van der Waals surface area (Å²) in [6.45, 7) is 2.47. The van der Waals surface area contributed by atoms with E-state index in [1.165, 1.54) is 22.1 Å². The molecule has 2 aliphatic rings. The van der Waals surface area contributed by atoms with E-state index >= 15 is 0 Å². The van der Waals surface area contributed by atoms with Gasteiger partial charge >= 0.3 is 0 Å². The van der Waals surface area contributed by atoms with Crippen molar-refractivity contribution in [2.45, 2.75) is 25.4 Å². The molecule has 1 aliphatic heterocycles. The number of aliphatic hydroxyl groups is 1. The van der Waals surface area contributed by atoms with Crippen LogP contribution in [0.1, 0.15) is 18.1 Å². The first kappa shape index (κ1) is 23.2. The summed E-state index contributed by atoms with van der Waals surface area (Å²) in [7, 11) is 2.09. The number of hydrogen-bond donors (Lipinski definition) is 3. The highest BCUT2D eigenvalue weighted by molar-refractivity contribution is 5.99. The topological polar surface area (TPSA) is 149 Å². The molecule has 0 fully saturated rings. The number of benzene rings is 1. The van der Waals surface area contributed by atoms with Gasteiger partial charge in [-0.15, -0.1) is 0 Å². The van der Waals surface area contributed by atoms with Gasteiger partial charge in [-0.1, -0.05) is 18.2 Å². The fourth-order valence-corrected chi connectivity index (χ4v) is 4.15. The summed E-state index contributed by atoms with van der Waals surface area (Å²) < 4.78 is 0. The third kappa shape index (κ3) is 5.06. The first-order valence-corrected chi connectivity index (χ1v) is 10.2. The highest BCUT2D eigenvalue weighted by atomic mass is 16.4. The van der Waals surface area contributed by atoms with Crippen LogP contribution in [0.25, 0.3) is 16.5 Å². The van der Waals surface area contributed by atoms with Crippen molar-refractivity contribution >= 4 is 34.3 Å². The lowest BCUT2D eigenvalue weighted by Crippen LogP contribution is -2.48. The van der Waals surface area contributed by atoms with Crippen LogP contribution < -0.4 is 15.5 Å². The Morgan fingerprint density at radius 3 is 2.59 bits per heavy atom. The highest BCUT2D eigenvalue weighted by Gasteiger charge is 2.35. The molecule has 170 valence electrons. The molecule has 3 atom stereocenters. The SMILES string of the molecule is C[C@@H](CO)NC(=O)[C@@H]1C=C2c3cccc4[nH]cc(c34)C[C@H]2N(C)C1.O=C([O-])/C=C\C(=O)[O-]. The molecule has 3 N–H and O–H groups in total. The van der Waals surface area contributed by atoms with Gasteiger partial charge in [-0.3, -0.25) is 9.69 Å². The minimum Gasteiger partial charge on any atom is -0.545 e. The fraction of sp³-hybridized carbons (Fsp3) is 0.348. The molecule has 2 heterocycles. The second-order valence-corrected chi connectivity index (χ2v) is 7.99. The monoisotopic (exact) mass is 439 g/mol. The van der Waals surface area contributed by atoms with Gasteiger partial charge in [0.25, 0.3) is 0 Å². The van der Waals surface area contributed by atoms with E-state index in [1.54, 1.807) is 0 Å². The lowest BCUT2D eigenvalue weighted by atomic mass is 9.80. The minimum absolute atomic E-state index is 0.0126. The van der Waals surface area contributed by atoms with Crippen molar-refractivity contribution in [3.63, 3.8) is 0 Å². The number of hydrogen-bond acceptors (Lipinski definition) is 7. The van der Waals surface area contributed by atoms with E-state index in [2.05, 4.69) is 52.7 Å². The molecule has 0 spiro atoms. The van der Waals surface area contributed by atoms with Crippen molar-refractivity contribution < 1.29 is 29.7 Å². The number of fused-ring (bicyclic) bond motifs is 2. The van der Waals surface area contributed by atoms with Gasteiger partial charge in [0.1, 0.15) is 0 Å². The Bertz CT molecular complexity index is 1070. The third-order valence-corrected chi connectivity index (χ3v) is 5.62. The first-order valence-electron chi connectivity index (χ1n) is 10.2. The zero-order valence-corrected chi connectivity index (χ0v) is 17.8. The molecule has 1 amide bonds. The quantitative estimate of drug-likeness (QED) is 0.484. The van der Waals surface area contributed by atoms with E-state index in [1.807, 2.05) is 6.92 Å². The van der Waals surface area contributed by atoms with E-state index < -0.39 is 11.9 Å². The average Bonchev–Trinajstić information content (AvgIpc) is 3.17. The van der Waals surface area contributed by atoms with Crippen molar-refractivity contribution in [2.75, 3.05) is 20.2 Å². The molecule has 9 heteroatoms. The van der Waals surface area contributed by atoms with Crippen LogP contribution in [-0.4, -0.2) is 65.1 Å². The summed E-state index contributed by atoms with van der Waals surface area (Å²) in [6, 6.07) is 6.42. The Balaban J connectivity index is 0.000000312. The summed E-state index contributed by atoms with van der Waals surface area (Å²) in [5, 5.41) is 32.2. The van der Waals surface area contributed by atoms with Gasteiger partial charge < -0.3 is 35.2 Å². The van der Waals surface area contributed by atoms with Gasteiger partial charge in [-0.05, 0) is 55.3 Å². The second kappa shape index (κ2) is 9.80. The van der Waals surface area contributed by atoms with Gasteiger partial charge in [-0.25, -0.2) is 0 Å². The molecule has 0 saturated heterocycles. The Hall–Kier alpha value is -3.43. The molecule has 32 heavy (non-hydrogen) atoms. The summed E-state index contributed by atoms with van der Waals surface area (Å²) in [5.74, 6) is -3.30. The molecule has 1 aromatic heterocycles. The molecule has 0 unspecified atom stereocenters. The van der Waals surface area contributed by atoms with Crippen LogP contribution >= 0.6 is 0 Å². The number of aliphatic hydroxyl groups excluding tert-OH is 1. The standard InChI is InChI=1S/C19H23N3O2.C4H4O4/c1-11(10-23)21-19(24)13-6-15-14-4-3-5-16-18(14)12(8-20-16)7-17(15)22(2)9-13;5-3(6)1-2-4(7)8/h3-6,8,11,13,17,20,23H,7,9-10H2,1-2H3,(H,21,24);1-2H,(H,5,6)(H,7,8)/p-2/b;2-1-/t11-,13+,17+;/m0./s1.